The third-order valence-electron chi connectivity index (χ3n) is 5.00. The first-order chi connectivity index (χ1) is 13.6. The fourth-order valence-electron chi connectivity index (χ4n) is 3.38. The van der Waals surface area contributed by atoms with Crippen molar-refractivity contribution in [1.82, 2.24) is 10.3 Å². The molecule has 1 amide bonds. The highest BCUT2D eigenvalue weighted by molar-refractivity contribution is 5.86. The Labute approximate surface area is 190 Å². The van der Waals surface area contributed by atoms with E-state index in [0.717, 1.165) is 44.1 Å². The van der Waals surface area contributed by atoms with Gasteiger partial charge in [-0.25, -0.2) is 4.98 Å². The summed E-state index contributed by atoms with van der Waals surface area (Å²) in [6.45, 7) is 2.99. The summed E-state index contributed by atoms with van der Waals surface area (Å²) in [7, 11) is 0. The molecule has 166 valence electrons. The Balaban J connectivity index is 0.00000225. The summed E-state index contributed by atoms with van der Waals surface area (Å²) in [4.78, 5) is 17.0. The molecule has 0 unspecified atom stereocenters. The van der Waals surface area contributed by atoms with Crippen LogP contribution in [0.3, 0.4) is 0 Å². The molecule has 30 heavy (non-hydrogen) atoms. The van der Waals surface area contributed by atoms with Crippen LogP contribution in [0, 0.1) is 0 Å². The Morgan fingerprint density at radius 1 is 1.10 bits per heavy atom. The first-order valence-corrected chi connectivity index (χ1v) is 10.0. The van der Waals surface area contributed by atoms with Gasteiger partial charge in [0.1, 0.15) is 0 Å². The highest BCUT2D eigenvalue weighted by Gasteiger charge is 2.35. The van der Waals surface area contributed by atoms with E-state index in [2.05, 4.69) is 17.2 Å². The van der Waals surface area contributed by atoms with E-state index < -0.39 is 5.54 Å². The zero-order valence-electron chi connectivity index (χ0n) is 17.3. The number of aromatic nitrogens is 1. The van der Waals surface area contributed by atoms with Crippen LogP contribution in [-0.2, 0) is 11.3 Å². The predicted molar refractivity (Wildman–Crippen MR) is 123 cm³/mol. The van der Waals surface area contributed by atoms with Crippen molar-refractivity contribution in [3.05, 3.63) is 48.2 Å². The highest BCUT2D eigenvalue weighted by Crippen LogP contribution is 2.32. The molecule has 0 bridgehead atoms. The van der Waals surface area contributed by atoms with Gasteiger partial charge in [0.2, 0.25) is 11.8 Å². The molecule has 1 aromatic heterocycles. The Morgan fingerprint density at radius 3 is 2.50 bits per heavy atom. The molecule has 0 spiro atoms. The Morgan fingerprint density at radius 2 is 1.80 bits per heavy atom. The fraction of sp³-hybridized carbons (Fsp3) is 0.455. The second-order valence-corrected chi connectivity index (χ2v) is 7.26. The molecule has 1 fully saturated rings. The van der Waals surface area contributed by atoms with Crippen molar-refractivity contribution < 1.29 is 14.3 Å². The summed E-state index contributed by atoms with van der Waals surface area (Å²) in [5.74, 6) is 1.62. The van der Waals surface area contributed by atoms with E-state index in [1.807, 2.05) is 36.4 Å². The number of carbonyl (C=O) groups is 1. The smallest absolute Gasteiger partial charge is 0.240 e. The number of nitrogens with one attached hydrogen (secondary N) is 1. The molecule has 8 heteroatoms. The van der Waals surface area contributed by atoms with Crippen molar-refractivity contribution in [3.63, 3.8) is 0 Å². The average Bonchev–Trinajstić information content (AvgIpc) is 2.73. The molecule has 1 aliphatic carbocycles. The Kier molecular flexibility index (Phi) is 10.9. The van der Waals surface area contributed by atoms with E-state index in [1.165, 1.54) is 0 Å². The molecule has 1 aromatic carbocycles. The van der Waals surface area contributed by atoms with Crippen molar-refractivity contribution >= 4 is 30.7 Å². The minimum absolute atomic E-state index is 0. The number of hydrogen-bond acceptors (Lipinski definition) is 5. The van der Waals surface area contributed by atoms with Gasteiger partial charge < -0.3 is 20.5 Å². The largest absolute Gasteiger partial charge is 0.490 e. The molecule has 0 atom stereocenters. The lowest BCUT2D eigenvalue weighted by molar-refractivity contribution is -0.127. The van der Waals surface area contributed by atoms with Crippen LogP contribution < -0.4 is 20.5 Å². The van der Waals surface area contributed by atoms with E-state index in [4.69, 9.17) is 15.2 Å². The topological polar surface area (TPSA) is 86.5 Å². The number of hydrogen-bond donors (Lipinski definition) is 2. The van der Waals surface area contributed by atoms with E-state index in [1.54, 1.807) is 6.20 Å². The maximum absolute atomic E-state index is 12.6. The number of nitrogens with two attached hydrogens (primary N) is 1. The quantitative estimate of drug-likeness (QED) is 0.597. The zero-order chi connectivity index (χ0) is 19.8. The van der Waals surface area contributed by atoms with Crippen LogP contribution in [0.1, 0.15) is 51.0 Å². The monoisotopic (exact) mass is 455 g/mol. The average molecular weight is 456 g/mol. The Hall–Kier alpha value is -2.02. The lowest BCUT2D eigenvalue weighted by atomic mass is 9.82. The lowest BCUT2D eigenvalue weighted by Gasteiger charge is -2.31. The zero-order valence-corrected chi connectivity index (χ0v) is 18.9. The SMILES string of the molecule is CCCOc1ccccc1Oc1ncccc1CNC(=O)C1(N)CCCCC1.Cl.Cl. The van der Waals surface area contributed by atoms with Crippen molar-refractivity contribution in [2.24, 2.45) is 5.73 Å². The lowest BCUT2D eigenvalue weighted by Crippen LogP contribution is -2.54. The van der Waals surface area contributed by atoms with Gasteiger partial charge in [-0.3, -0.25) is 4.79 Å². The number of pyridine rings is 1. The number of ether oxygens (including phenoxy) is 2. The molecule has 3 N–H and O–H groups in total. The van der Waals surface area contributed by atoms with Gasteiger partial charge in [-0.2, -0.15) is 0 Å². The summed E-state index contributed by atoms with van der Waals surface area (Å²) in [5, 5.41) is 2.97. The molecule has 2 aromatic rings. The number of para-hydroxylation sites is 2. The second kappa shape index (κ2) is 12.6. The van der Waals surface area contributed by atoms with Crippen LogP contribution in [-0.4, -0.2) is 23.0 Å². The van der Waals surface area contributed by atoms with Crippen molar-refractivity contribution in [1.29, 1.82) is 0 Å². The van der Waals surface area contributed by atoms with Gasteiger partial charge in [-0.15, -0.1) is 24.8 Å². The number of rotatable bonds is 8. The number of carbonyl (C=O) groups excluding carboxylic acids is 1. The van der Waals surface area contributed by atoms with Gasteiger partial charge in [0, 0.05) is 18.3 Å². The number of halogens is 2. The minimum Gasteiger partial charge on any atom is -0.490 e. The minimum atomic E-state index is -0.762. The van der Waals surface area contributed by atoms with Crippen LogP contribution in [0.15, 0.2) is 42.6 Å². The molecule has 0 aliphatic heterocycles. The normalized spacial score (nSPS) is 14.6. The van der Waals surface area contributed by atoms with Crippen LogP contribution in [0.4, 0.5) is 0 Å². The maximum atomic E-state index is 12.6. The molecule has 3 rings (SSSR count). The number of amides is 1. The summed E-state index contributed by atoms with van der Waals surface area (Å²) in [6.07, 6.45) is 7.19. The molecule has 6 nitrogen and oxygen atoms in total. The van der Waals surface area contributed by atoms with Gasteiger partial charge in [0.05, 0.1) is 12.1 Å². The van der Waals surface area contributed by atoms with Gasteiger partial charge in [-0.05, 0) is 37.5 Å². The predicted octanol–water partition coefficient (Wildman–Crippen LogP) is 4.78. The van der Waals surface area contributed by atoms with Gasteiger partial charge >= 0.3 is 0 Å². The third-order valence-corrected chi connectivity index (χ3v) is 5.00. The standard InChI is InChI=1S/C22H29N3O3.2ClH/c1-2-15-27-18-10-4-5-11-19(18)28-20-17(9-8-14-24-20)16-25-21(26)22(23)12-6-3-7-13-22;;/h4-5,8-11,14H,2-3,6-7,12-13,15-16,23H2,1H3,(H,25,26);2*1H. The highest BCUT2D eigenvalue weighted by atomic mass is 35.5. The van der Waals surface area contributed by atoms with Gasteiger partial charge in [0.15, 0.2) is 11.5 Å². The van der Waals surface area contributed by atoms with Crippen molar-refractivity contribution in [2.75, 3.05) is 6.61 Å². The van der Waals surface area contributed by atoms with Gasteiger partial charge in [0.25, 0.3) is 0 Å². The van der Waals surface area contributed by atoms with Crippen LogP contribution >= 0.6 is 24.8 Å². The van der Waals surface area contributed by atoms with Crippen molar-refractivity contribution in [3.8, 4) is 17.4 Å². The van der Waals surface area contributed by atoms with Crippen molar-refractivity contribution in [2.45, 2.75) is 57.5 Å². The first-order valence-electron chi connectivity index (χ1n) is 10.0. The number of benzene rings is 1. The molecule has 1 saturated carbocycles. The number of nitrogens with zero attached hydrogens (tertiary/aromatic N) is 1. The third kappa shape index (κ3) is 6.76. The van der Waals surface area contributed by atoms with E-state index in [-0.39, 0.29) is 30.7 Å². The van der Waals surface area contributed by atoms with E-state index in [0.29, 0.717) is 30.5 Å². The molecular weight excluding hydrogens is 425 g/mol. The summed E-state index contributed by atoms with van der Waals surface area (Å²) < 4.78 is 11.8. The summed E-state index contributed by atoms with van der Waals surface area (Å²) >= 11 is 0. The maximum Gasteiger partial charge on any atom is 0.240 e. The van der Waals surface area contributed by atoms with Crippen LogP contribution in [0.25, 0.3) is 0 Å². The molecule has 1 heterocycles. The molecule has 0 saturated heterocycles. The summed E-state index contributed by atoms with van der Waals surface area (Å²) in [5.41, 5.74) is 6.35. The molecular formula is C22H31Cl2N3O3. The van der Waals surface area contributed by atoms with E-state index in [9.17, 15) is 4.79 Å². The fourth-order valence-corrected chi connectivity index (χ4v) is 3.38. The summed E-state index contributed by atoms with van der Waals surface area (Å²) in [6, 6.07) is 11.2. The van der Waals surface area contributed by atoms with E-state index >= 15 is 0 Å². The second-order valence-electron chi connectivity index (χ2n) is 7.26. The van der Waals surface area contributed by atoms with Gasteiger partial charge in [-0.1, -0.05) is 44.4 Å². The Bertz CT molecular complexity index is 799. The molecule has 1 aliphatic rings. The first kappa shape index (κ1) is 26.0. The molecule has 0 radical (unpaired) electrons. The van der Waals surface area contributed by atoms with Crippen LogP contribution in [0.5, 0.6) is 17.4 Å². The van der Waals surface area contributed by atoms with Crippen LogP contribution in [0.2, 0.25) is 0 Å².